The molecule has 2 unspecified atom stereocenters. The highest BCUT2D eigenvalue weighted by molar-refractivity contribution is 9.10. The molecule has 5 N–H and O–H groups in total. The number of nitrogens with zero attached hydrogens (tertiary/aromatic N) is 1. The first-order valence-corrected chi connectivity index (χ1v) is 13.4. The van der Waals surface area contributed by atoms with Crippen LogP contribution in [0.2, 0.25) is 0 Å². The summed E-state index contributed by atoms with van der Waals surface area (Å²) in [5, 5.41) is 13.8. The van der Waals surface area contributed by atoms with Gasteiger partial charge in [0.25, 0.3) is 11.1 Å². The van der Waals surface area contributed by atoms with Crippen molar-refractivity contribution in [2.75, 3.05) is 27.7 Å². The minimum Gasteiger partial charge on any atom is -0.463 e. The SMILES string of the molecule is CCC(C)C(O)=[NH+]c1c(=O)c(C(C[N+](C)(C)C)c2c[nH]c3cc(Br)ccc23)c2cc[nH]c3cc[nH]c1c32. The average molecular weight is 565 g/mol. The van der Waals surface area contributed by atoms with Crippen LogP contribution in [0.25, 0.3) is 32.7 Å². The molecule has 37 heavy (non-hydrogen) atoms. The van der Waals surface area contributed by atoms with E-state index < -0.39 is 0 Å². The van der Waals surface area contributed by atoms with E-state index in [1.54, 1.807) is 0 Å². The zero-order valence-corrected chi connectivity index (χ0v) is 23.5. The van der Waals surface area contributed by atoms with Gasteiger partial charge in [0.15, 0.2) is 0 Å². The van der Waals surface area contributed by atoms with E-state index in [0.717, 1.165) is 49.2 Å². The fourth-order valence-corrected chi connectivity index (χ4v) is 5.56. The van der Waals surface area contributed by atoms with Crippen LogP contribution in [-0.4, -0.2) is 58.1 Å². The predicted molar refractivity (Wildman–Crippen MR) is 155 cm³/mol. The van der Waals surface area contributed by atoms with Crippen LogP contribution in [0.5, 0.6) is 0 Å². The van der Waals surface area contributed by atoms with Gasteiger partial charge in [0.2, 0.25) is 0 Å². The van der Waals surface area contributed by atoms with E-state index in [1.165, 1.54) is 0 Å². The van der Waals surface area contributed by atoms with E-state index in [9.17, 15) is 9.90 Å². The van der Waals surface area contributed by atoms with E-state index >= 15 is 0 Å². The molecule has 0 radical (unpaired) electrons. The van der Waals surface area contributed by atoms with Crippen molar-refractivity contribution in [1.82, 2.24) is 15.0 Å². The van der Waals surface area contributed by atoms with Crippen LogP contribution in [0, 0.1) is 5.92 Å². The molecule has 5 rings (SSSR count). The molecular formula is C29H34BrN5O2+2. The van der Waals surface area contributed by atoms with Crippen molar-refractivity contribution in [3.63, 3.8) is 0 Å². The number of benzene rings is 2. The number of likely N-dealkylation sites (N-methyl/N-ethyl adjacent to an activating group) is 1. The summed E-state index contributed by atoms with van der Waals surface area (Å²) < 4.78 is 1.67. The maximum absolute atomic E-state index is 14.5. The maximum Gasteiger partial charge on any atom is 0.341 e. The first kappa shape index (κ1) is 25.3. The molecule has 2 aromatic carbocycles. The summed E-state index contributed by atoms with van der Waals surface area (Å²) >= 11 is 3.57. The summed E-state index contributed by atoms with van der Waals surface area (Å²) in [4.78, 5) is 27.6. The predicted octanol–water partition coefficient (Wildman–Crippen LogP) is 4.81. The van der Waals surface area contributed by atoms with E-state index in [1.807, 2.05) is 50.6 Å². The zero-order chi connectivity index (χ0) is 26.5. The molecule has 0 bridgehead atoms. The van der Waals surface area contributed by atoms with Gasteiger partial charge in [-0.3, -0.25) is 4.79 Å². The molecule has 192 valence electrons. The summed E-state index contributed by atoms with van der Waals surface area (Å²) in [5.41, 5.74) is 4.69. The quantitative estimate of drug-likeness (QED) is 0.111. The Kier molecular flexibility index (Phi) is 6.50. The minimum absolute atomic E-state index is 0.0964. The summed E-state index contributed by atoms with van der Waals surface area (Å²) in [6.07, 6.45) is 6.50. The van der Waals surface area contributed by atoms with Gasteiger partial charge in [-0.15, -0.1) is 0 Å². The summed E-state index contributed by atoms with van der Waals surface area (Å²) in [7, 11) is 6.44. The minimum atomic E-state index is -0.191. The van der Waals surface area contributed by atoms with Crippen molar-refractivity contribution in [3.05, 3.63) is 74.7 Å². The van der Waals surface area contributed by atoms with Crippen molar-refractivity contribution in [2.24, 2.45) is 5.92 Å². The number of fused-ring (bicyclic) bond motifs is 1. The number of nitrogens with one attached hydrogen (secondary N) is 4. The third kappa shape index (κ3) is 4.60. The molecule has 0 fully saturated rings. The van der Waals surface area contributed by atoms with Gasteiger partial charge in [0.05, 0.1) is 39.5 Å². The number of pyridine rings is 2. The smallest absolute Gasteiger partial charge is 0.341 e. The Morgan fingerprint density at radius 1 is 1.05 bits per heavy atom. The Hall–Kier alpha value is -3.36. The number of aromatic amines is 3. The number of hydrogen-bond donors (Lipinski definition) is 5. The molecule has 0 saturated heterocycles. The number of aromatic nitrogens is 3. The lowest BCUT2D eigenvalue weighted by molar-refractivity contribution is -0.871. The molecule has 3 aromatic heterocycles. The highest BCUT2D eigenvalue weighted by Gasteiger charge is 2.32. The maximum atomic E-state index is 14.5. The van der Waals surface area contributed by atoms with Gasteiger partial charge in [0.1, 0.15) is 5.52 Å². The molecule has 0 aliphatic rings. The molecule has 0 amide bonds. The largest absolute Gasteiger partial charge is 0.463 e. The zero-order valence-electron chi connectivity index (χ0n) is 21.9. The normalized spacial score (nSPS) is 14.6. The van der Waals surface area contributed by atoms with Gasteiger partial charge in [-0.25, -0.2) is 0 Å². The van der Waals surface area contributed by atoms with Crippen LogP contribution in [0.1, 0.15) is 37.3 Å². The van der Waals surface area contributed by atoms with E-state index in [0.29, 0.717) is 22.2 Å². The van der Waals surface area contributed by atoms with Crippen molar-refractivity contribution in [2.45, 2.75) is 26.2 Å². The number of aliphatic hydroxyl groups is 1. The average Bonchev–Trinajstić information content (AvgIpc) is 3.27. The Morgan fingerprint density at radius 2 is 1.81 bits per heavy atom. The second-order valence-corrected chi connectivity index (χ2v) is 11.8. The topological polar surface area (TPSA) is 98.6 Å². The second kappa shape index (κ2) is 9.50. The monoisotopic (exact) mass is 563 g/mol. The molecule has 0 spiro atoms. The van der Waals surface area contributed by atoms with Crippen LogP contribution in [0.4, 0.5) is 5.69 Å². The van der Waals surface area contributed by atoms with Gasteiger partial charge in [-0.1, -0.05) is 28.9 Å². The number of halogens is 1. The second-order valence-electron chi connectivity index (χ2n) is 10.9. The molecule has 8 heteroatoms. The Bertz CT molecular complexity index is 1700. The van der Waals surface area contributed by atoms with Gasteiger partial charge < -0.3 is 24.5 Å². The first-order chi connectivity index (χ1) is 17.6. The highest BCUT2D eigenvalue weighted by atomic mass is 79.9. The number of quaternary nitrogens is 1. The van der Waals surface area contributed by atoms with Crippen LogP contribution in [0.15, 0.2) is 58.2 Å². The third-order valence-electron chi connectivity index (χ3n) is 7.23. The van der Waals surface area contributed by atoms with Crippen LogP contribution in [-0.2, 0) is 0 Å². The van der Waals surface area contributed by atoms with Crippen LogP contribution < -0.4 is 10.4 Å². The Morgan fingerprint density at radius 3 is 2.54 bits per heavy atom. The van der Waals surface area contributed by atoms with Crippen molar-refractivity contribution >= 4 is 60.2 Å². The molecule has 5 aromatic rings. The lowest BCUT2D eigenvalue weighted by Crippen LogP contribution is -2.70. The van der Waals surface area contributed by atoms with Crippen molar-refractivity contribution in [3.8, 4) is 0 Å². The van der Waals surface area contributed by atoms with E-state index in [-0.39, 0.29) is 23.2 Å². The summed E-state index contributed by atoms with van der Waals surface area (Å²) in [6.45, 7) is 4.67. The third-order valence-corrected chi connectivity index (χ3v) is 7.72. The molecule has 0 aliphatic carbocycles. The fraction of sp³-hybridized carbons (Fsp3) is 0.310. The number of aliphatic hydroxyl groups excluding tert-OH is 1. The highest BCUT2D eigenvalue weighted by Crippen LogP contribution is 2.37. The fourth-order valence-electron chi connectivity index (χ4n) is 5.20. The van der Waals surface area contributed by atoms with Gasteiger partial charge in [-0.05, 0) is 48.6 Å². The Balaban J connectivity index is 1.90. The first-order valence-electron chi connectivity index (χ1n) is 12.6. The van der Waals surface area contributed by atoms with Crippen molar-refractivity contribution in [1.29, 1.82) is 0 Å². The molecule has 0 aliphatic heterocycles. The van der Waals surface area contributed by atoms with Gasteiger partial charge in [-0.2, -0.15) is 4.99 Å². The molecule has 2 atom stereocenters. The van der Waals surface area contributed by atoms with Gasteiger partial charge in [0, 0.05) is 50.4 Å². The molecule has 7 nitrogen and oxygen atoms in total. The van der Waals surface area contributed by atoms with Crippen LogP contribution >= 0.6 is 15.9 Å². The standard InChI is InChI=1S/C29H32BrN5O2/c1-6-16(2)29(37)34-27-26-25-19(9-11-31-22(25)10-12-32-26)24(28(27)36)21(15-35(3,4)5)20-14-33-23-13-17(30)7-8-18(20)23/h7-14,16,21,33H,6,15H2,1-5H3,(H2-,31,32,34,36,37)/p+2. The molecule has 3 heterocycles. The summed E-state index contributed by atoms with van der Waals surface area (Å²) in [5.74, 6) is -0.191. The number of H-pyrrole nitrogens is 3. The van der Waals surface area contributed by atoms with Gasteiger partial charge >= 0.3 is 5.90 Å². The van der Waals surface area contributed by atoms with E-state index in [2.05, 4.69) is 69.2 Å². The van der Waals surface area contributed by atoms with Crippen LogP contribution in [0.3, 0.4) is 0 Å². The summed E-state index contributed by atoms with van der Waals surface area (Å²) in [6, 6.07) is 10.2. The lowest BCUT2D eigenvalue weighted by Gasteiger charge is -2.30. The van der Waals surface area contributed by atoms with E-state index in [4.69, 9.17) is 0 Å². The van der Waals surface area contributed by atoms with Crippen molar-refractivity contribution < 1.29 is 14.6 Å². The lowest BCUT2D eigenvalue weighted by atomic mass is 9.85. The Labute approximate surface area is 224 Å². The number of rotatable bonds is 7. The number of hydrogen-bond acceptors (Lipinski definition) is 1. The molecular weight excluding hydrogens is 530 g/mol. The molecule has 0 saturated carbocycles.